The molecule has 2 aromatic heterocycles. The lowest BCUT2D eigenvalue weighted by Crippen LogP contribution is -2.09. The molecule has 1 nitrogen and oxygen atoms in total. The van der Waals surface area contributed by atoms with E-state index in [0.29, 0.717) is 5.92 Å². The van der Waals surface area contributed by atoms with Crippen LogP contribution in [0.4, 0.5) is 0 Å². The summed E-state index contributed by atoms with van der Waals surface area (Å²) in [6.45, 7) is 2.37. The lowest BCUT2D eigenvalue weighted by Gasteiger charge is -2.27. The Morgan fingerprint density at radius 1 is 0.561 bits per heavy atom. The van der Waals surface area contributed by atoms with E-state index in [2.05, 4.69) is 139 Å². The van der Waals surface area contributed by atoms with Crippen LogP contribution in [-0.4, -0.2) is 4.57 Å². The van der Waals surface area contributed by atoms with Crippen molar-refractivity contribution < 1.29 is 0 Å². The Bertz CT molecular complexity index is 2260. The number of hydrogen-bond acceptors (Lipinski definition) is 1. The molecule has 6 aromatic carbocycles. The molecule has 0 radical (unpaired) electrons. The molecule has 41 heavy (non-hydrogen) atoms. The van der Waals surface area contributed by atoms with Gasteiger partial charge in [0.2, 0.25) is 0 Å². The number of nitrogens with zero attached hydrogens (tertiary/aromatic N) is 1. The number of benzene rings is 6. The Labute approximate surface area is 242 Å². The van der Waals surface area contributed by atoms with Crippen LogP contribution in [0.1, 0.15) is 24.0 Å². The molecule has 0 amide bonds. The molecule has 1 atom stereocenters. The Hall–Kier alpha value is -4.66. The number of hydrogen-bond donors (Lipinski definition) is 0. The van der Waals surface area contributed by atoms with E-state index in [1.54, 1.807) is 0 Å². The minimum absolute atomic E-state index is 0.475. The maximum absolute atomic E-state index is 2.43. The van der Waals surface area contributed by atoms with Crippen molar-refractivity contribution in [1.29, 1.82) is 0 Å². The van der Waals surface area contributed by atoms with Gasteiger partial charge in [0.05, 0.1) is 11.0 Å². The molecule has 1 aliphatic carbocycles. The molecule has 0 fully saturated rings. The summed E-state index contributed by atoms with van der Waals surface area (Å²) in [5, 5.41) is 5.31. The van der Waals surface area contributed by atoms with E-state index >= 15 is 0 Å². The quantitative estimate of drug-likeness (QED) is 0.205. The zero-order valence-corrected chi connectivity index (χ0v) is 23.6. The Morgan fingerprint density at radius 2 is 1.22 bits per heavy atom. The highest BCUT2D eigenvalue weighted by atomic mass is 32.1. The van der Waals surface area contributed by atoms with Crippen molar-refractivity contribution in [2.45, 2.75) is 19.3 Å². The smallest absolute Gasteiger partial charge is 0.0541 e. The molecule has 1 unspecified atom stereocenters. The number of thiophene rings is 1. The van der Waals surface area contributed by atoms with Crippen molar-refractivity contribution in [3.63, 3.8) is 0 Å². The summed E-state index contributed by atoms with van der Waals surface area (Å²) in [7, 11) is 0. The molecule has 2 heterocycles. The fourth-order valence-corrected chi connectivity index (χ4v) is 8.18. The standard InChI is InChI=1S/C39H27NS/c1-24-20-27-21-28(40-36-11-5-2-8-31(36)32-9-3-6-12-37(32)40)16-18-30(27)34-22-25(14-17-29(24)34)26-15-19-39-35(23-26)33-10-4-7-13-38(33)41-39/h2-19,21-24H,20H2,1H3. The third-order valence-electron chi connectivity index (χ3n) is 9.04. The fourth-order valence-electron chi connectivity index (χ4n) is 7.10. The average Bonchev–Trinajstić information content (AvgIpc) is 3.56. The van der Waals surface area contributed by atoms with Gasteiger partial charge in [-0.15, -0.1) is 11.3 Å². The van der Waals surface area contributed by atoms with Gasteiger partial charge in [-0.25, -0.2) is 0 Å². The molecular weight excluding hydrogens is 515 g/mol. The molecule has 1 aliphatic rings. The number of para-hydroxylation sites is 2. The van der Waals surface area contributed by atoms with Gasteiger partial charge in [0.1, 0.15) is 0 Å². The van der Waals surface area contributed by atoms with Crippen molar-refractivity contribution in [2.24, 2.45) is 0 Å². The highest BCUT2D eigenvalue weighted by Gasteiger charge is 2.23. The van der Waals surface area contributed by atoms with Gasteiger partial charge in [-0.1, -0.05) is 85.8 Å². The van der Waals surface area contributed by atoms with Gasteiger partial charge in [0.25, 0.3) is 0 Å². The first-order valence-electron chi connectivity index (χ1n) is 14.4. The molecule has 194 valence electrons. The van der Waals surface area contributed by atoms with Crippen LogP contribution in [0.25, 0.3) is 69.9 Å². The van der Waals surface area contributed by atoms with E-state index in [-0.39, 0.29) is 0 Å². The lowest BCUT2D eigenvalue weighted by atomic mass is 9.78. The molecule has 9 rings (SSSR count). The summed E-state index contributed by atoms with van der Waals surface area (Å²) in [6, 6.07) is 47.5. The molecule has 0 saturated carbocycles. The second-order valence-electron chi connectivity index (χ2n) is 11.4. The summed E-state index contributed by atoms with van der Waals surface area (Å²) in [4.78, 5) is 0. The molecule has 0 saturated heterocycles. The zero-order chi connectivity index (χ0) is 27.1. The molecule has 0 N–H and O–H groups in total. The summed E-state index contributed by atoms with van der Waals surface area (Å²) in [5.74, 6) is 0.475. The molecule has 2 heteroatoms. The van der Waals surface area contributed by atoms with E-state index in [1.165, 1.54) is 81.0 Å². The lowest BCUT2D eigenvalue weighted by molar-refractivity contribution is 0.749. The predicted octanol–water partition coefficient (Wildman–Crippen LogP) is 11.1. The maximum Gasteiger partial charge on any atom is 0.0541 e. The van der Waals surface area contributed by atoms with Gasteiger partial charge in [-0.05, 0) is 94.3 Å². The molecule has 0 spiro atoms. The zero-order valence-electron chi connectivity index (χ0n) is 22.8. The van der Waals surface area contributed by atoms with E-state index in [4.69, 9.17) is 0 Å². The highest BCUT2D eigenvalue weighted by Crippen LogP contribution is 2.44. The highest BCUT2D eigenvalue weighted by molar-refractivity contribution is 7.25. The summed E-state index contributed by atoms with van der Waals surface area (Å²) < 4.78 is 5.14. The first-order valence-corrected chi connectivity index (χ1v) is 15.2. The SMILES string of the molecule is CC1Cc2cc(-n3c4ccccc4c4ccccc43)ccc2-c2cc(-c3ccc4sc5ccccc5c4c3)ccc21. The van der Waals surface area contributed by atoms with Crippen LogP contribution in [0.3, 0.4) is 0 Å². The molecule has 0 aliphatic heterocycles. The van der Waals surface area contributed by atoms with Crippen LogP contribution < -0.4 is 0 Å². The fraction of sp³-hybridized carbons (Fsp3) is 0.0769. The average molecular weight is 542 g/mol. The minimum Gasteiger partial charge on any atom is -0.309 e. The van der Waals surface area contributed by atoms with Gasteiger partial charge >= 0.3 is 0 Å². The third-order valence-corrected chi connectivity index (χ3v) is 10.2. The Kier molecular flexibility index (Phi) is 4.88. The van der Waals surface area contributed by atoms with Crippen molar-refractivity contribution in [1.82, 2.24) is 4.57 Å². The minimum atomic E-state index is 0.475. The first kappa shape index (κ1) is 23.1. The topological polar surface area (TPSA) is 4.93 Å². The number of rotatable bonds is 2. The predicted molar refractivity (Wildman–Crippen MR) is 177 cm³/mol. The van der Waals surface area contributed by atoms with E-state index in [1.807, 2.05) is 11.3 Å². The maximum atomic E-state index is 2.43. The van der Waals surface area contributed by atoms with Crippen molar-refractivity contribution in [3.8, 4) is 27.9 Å². The van der Waals surface area contributed by atoms with Crippen LogP contribution in [-0.2, 0) is 6.42 Å². The molecule has 8 aromatic rings. The first-order chi connectivity index (χ1) is 20.2. The van der Waals surface area contributed by atoms with Crippen molar-refractivity contribution >= 4 is 53.3 Å². The Morgan fingerprint density at radius 3 is 2.02 bits per heavy atom. The van der Waals surface area contributed by atoms with Crippen LogP contribution in [0, 0.1) is 0 Å². The number of fused-ring (bicyclic) bond motifs is 9. The number of aromatic nitrogens is 1. The monoisotopic (exact) mass is 541 g/mol. The third kappa shape index (κ3) is 3.41. The van der Waals surface area contributed by atoms with Gasteiger partial charge in [0, 0.05) is 36.6 Å². The van der Waals surface area contributed by atoms with Crippen LogP contribution >= 0.6 is 11.3 Å². The van der Waals surface area contributed by atoms with Crippen molar-refractivity contribution in [2.75, 3.05) is 0 Å². The normalized spacial score (nSPS) is 14.6. The second-order valence-corrected chi connectivity index (χ2v) is 12.5. The van der Waals surface area contributed by atoms with Crippen LogP contribution in [0.15, 0.2) is 127 Å². The van der Waals surface area contributed by atoms with Crippen molar-refractivity contribution in [3.05, 3.63) is 139 Å². The van der Waals surface area contributed by atoms with Crippen LogP contribution in [0.5, 0.6) is 0 Å². The molecule has 0 bridgehead atoms. The van der Waals surface area contributed by atoms with E-state index in [9.17, 15) is 0 Å². The van der Waals surface area contributed by atoms with E-state index in [0.717, 1.165) is 6.42 Å². The Balaban J connectivity index is 1.20. The van der Waals surface area contributed by atoms with Crippen LogP contribution in [0.2, 0.25) is 0 Å². The van der Waals surface area contributed by atoms with Gasteiger partial charge in [0.15, 0.2) is 0 Å². The second kappa shape index (κ2) is 8.67. The van der Waals surface area contributed by atoms with Gasteiger partial charge in [-0.2, -0.15) is 0 Å². The van der Waals surface area contributed by atoms with E-state index < -0.39 is 0 Å². The molecular formula is C39H27NS. The summed E-state index contributed by atoms with van der Waals surface area (Å²) >= 11 is 1.88. The summed E-state index contributed by atoms with van der Waals surface area (Å²) in [5.41, 5.74) is 12.0. The summed E-state index contributed by atoms with van der Waals surface area (Å²) in [6.07, 6.45) is 1.06. The van der Waals surface area contributed by atoms with Gasteiger partial charge in [-0.3, -0.25) is 0 Å². The van der Waals surface area contributed by atoms with Gasteiger partial charge < -0.3 is 4.57 Å². The largest absolute Gasteiger partial charge is 0.309 e.